The van der Waals surface area contributed by atoms with E-state index in [1.54, 1.807) is 0 Å². The molecule has 0 aliphatic carbocycles. The van der Waals surface area contributed by atoms with Gasteiger partial charge in [0.05, 0.1) is 6.04 Å². The Balaban J connectivity index is 1.57. The lowest BCUT2D eigenvalue weighted by Gasteiger charge is -2.37. The molecule has 0 bridgehead atoms. The summed E-state index contributed by atoms with van der Waals surface area (Å²) in [5, 5.41) is 0. The Morgan fingerprint density at radius 2 is 2.23 bits per heavy atom. The Labute approximate surface area is 133 Å². The van der Waals surface area contributed by atoms with E-state index >= 15 is 0 Å². The second kappa shape index (κ2) is 6.82. The normalized spacial score (nSPS) is 25.7. The molecule has 1 amide bonds. The highest BCUT2D eigenvalue weighted by atomic mass is 16.2. The van der Waals surface area contributed by atoms with Crippen molar-refractivity contribution in [1.82, 2.24) is 19.4 Å². The molecule has 0 spiro atoms. The summed E-state index contributed by atoms with van der Waals surface area (Å²) in [5.41, 5.74) is 0. The molecule has 1 aromatic rings. The van der Waals surface area contributed by atoms with Crippen molar-refractivity contribution in [2.45, 2.75) is 51.6 Å². The topological polar surface area (TPSA) is 41.4 Å². The number of rotatable bonds is 4. The Morgan fingerprint density at radius 1 is 1.36 bits per heavy atom. The fraction of sp³-hybridized carbons (Fsp3) is 0.765. The summed E-state index contributed by atoms with van der Waals surface area (Å²) in [7, 11) is 1.98. The average Bonchev–Trinajstić information content (AvgIpc) is 3.01. The Hall–Kier alpha value is -1.36. The second-order valence-electron chi connectivity index (χ2n) is 6.75. The van der Waals surface area contributed by atoms with Gasteiger partial charge in [-0.2, -0.15) is 0 Å². The maximum atomic E-state index is 12.8. The van der Waals surface area contributed by atoms with Crippen LogP contribution in [0.15, 0.2) is 12.4 Å². The van der Waals surface area contributed by atoms with Crippen molar-refractivity contribution in [1.29, 1.82) is 0 Å². The van der Waals surface area contributed by atoms with Crippen LogP contribution < -0.4 is 0 Å². The fourth-order valence-corrected chi connectivity index (χ4v) is 3.95. The van der Waals surface area contributed by atoms with E-state index in [-0.39, 0.29) is 6.04 Å². The number of aryl methyl sites for hydroxylation is 1. The third kappa shape index (κ3) is 3.19. The first-order valence-electron chi connectivity index (χ1n) is 8.68. The van der Waals surface area contributed by atoms with Crippen LogP contribution in [0, 0.1) is 5.92 Å². The Kier molecular flexibility index (Phi) is 4.81. The highest BCUT2D eigenvalue weighted by Gasteiger charge is 2.31. The number of carbonyl (C=O) groups excluding carboxylic acids is 1. The first-order valence-corrected chi connectivity index (χ1v) is 8.68. The lowest BCUT2D eigenvalue weighted by Crippen LogP contribution is -2.50. The first-order chi connectivity index (χ1) is 10.7. The number of hydrogen-bond acceptors (Lipinski definition) is 3. The van der Waals surface area contributed by atoms with E-state index in [0.29, 0.717) is 11.8 Å². The van der Waals surface area contributed by atoms with Crippen LogP contribution in [0.5, 0.6) is 0 Å². The predicted molar refractivity (Wildman–Crippen MR) is 86.6 cm³/mol. The summed E-state index contributed by atoms with van der Waals surface area (Å²) < 4.78 is 2.23. The van der Waals surface area contributed by atoms with Gasteiger partial charge in [-0.05, 0) is 38.3 Å². The molecule has 2 atom stereocenters. The van der Waals surface area contributed by atoms with E-state index in [4.69, 9.17) is 0 Å². The molecule has 1 saturated heterocycles. The summed E-state index contributed by atoms with van der Waals surface area (Å²) >= 11 is 0. The zero-order chi connectivity index (χ0) is 15.5. The number of imidazole rings is 1. The molecule has 5 nitrogen and oxygen atoms in total. The van der Waals surface area contributed by atoms with Gasteiger partial charge < -0.3 is 9.47 Å². The van der Waals surface area contributed by atoms with Crippen LogP contribution in [0.25, 0.3) is 0 Å². The molecule has 2 unspecified atom stereocenters. The van der Waals surface area contributed by atoms with Crippen molar-refractivity contribution in [2.24, 2.45) is 5.92 Å². The third-order valence-corrected chi connectivity index (χ3v) is 5.26. The third-order valence-electron chi connectivity index (χ3n) is 5.26. The quantitative estimate of drug-likeness (QED) is 0.851. The van der Waals surface area contributed by atoms with Crippen LogP contribution in [0.4, 0.5) is 0 Å². The van der Waals surface area contributed by atoms with E-state index < -0.39 is 0 Å². The number of piperidine rings is 1. The van der Waals surface area contributed by atoms with Gasteiger partial charge in [-0.25, -0.2) is 4.98 Å². The molecule has 22 heavy (non-hydrogen) atoms. The van der Waals surface area contributed by atoms with Crippen molar-refractivity contribution in [2.75, 3.05) is 26.7 Å². The van der Waals surface area contributed by atoms with Gasteiger partial charge in [0.25, 0.3) is 0 Å². The predicted octanol–water partition coefficient (Wildman–Crippen LogP) is 1.78. The zero-order valence-corrected chi connectivity index (χ0v) is 13.9. The number of likely N-dealkylation sites (N-methyl/N-ethyl adjacent to an activating group) is 2. The molecular formula is C17H28N4O. The molecule has 0 saturated carbocycles. The second-order valence-corrected chi connectivity index (χ2v) is 6.75. The van der Waals surface area contributed by atoms with Crippen LogP contribution in [0.2, 0.25) is 0 Å². The van der Waals surface area contributed by atoms with Crippen molar-refractivity contribution in [3.05, 3.63) is 18.2 Å². The largest absolute Gasteiger partial charge is 0.344 e. The van der Waals surface area contributed by atoms with Crippen LogP contribution in [-0.2, 0) is 17.8 Å². The summed E-state index contributed by atoms with van der Waals surface area (Å²) in [6, 6.07) is 0.106. The standard InChI is InChI=1S/C17H28N4O/c1-3-20-9-5-4-6-15(20)17(22)19(2)13-14-7-10-21-11-8-18-16(21)12-14/h8,11,14-15H,3-7,9-10,12-13H2,1-2H3. The van der Waals surface area contributed by atoms with Gasteiger partial charge in [-0.3, -0.25) is 9.69 Å². The maximum Gasteiger partial charge on any atom is 0.239 e. The van der Waals surface area contributed by atoms with E-state index in [2.05, 4.69) is 27.6 Å². The minimum Gasteiger partial charge on any atom is -0.344 e. The summed E-state index contributed by atoms with van der Waals surface area (Å²) in [5.74, 6) is 2.03. The van der Waals surface area contributed by atoms with Crippen LogP contribution in [0.3, 0.4) is 0 Å². The lowest BCUT2D eigenvalue weighted by atomic mass is 9.96. The smallest absolute Gasteiger partial charge is 0.239 e. The molecule has 0 aromatic carbocycles. The number of hydrogen-bond donors (Lipinski definition) is 0. The minimum absolute atomic E-state index is 0.106. The van der Waals surface area contributed by atoms with E-state index in [9.17, 15) is 4.79 Å². The fourth-order valence-electron chi connectivity index (χ4n) is 3.95. The Bertz CT molecular complexity index is 513. The van der Waals surface area contributed by atoms with Gasteiger partial charge in [0.1, 0.15) is 5.82 Å². The van der Waals surface area contributed by atoms with Gasteiger partial charge >= 0.3 is 0 Å². The van der Waals surface area contributed by atoms with Crippen molar-refractivity contribution < 1.29 is 4.79 Å². The van der Waals surface area contributed by atoms with Crippen LogP contribution >= 0.6 is 0 Å². The molecule has 3 heterocycles. The maximum absolute atomic E-state index is 12.8. The molecule has 122 valence electrons. The van der Waals surface area contributed by atoms with E-state index in [1.807, 2.05) is 18.1 Å². The molecular weight excluding hydrogens is 276 g/mol. The monoisotopic (exact) mass is 304 g/mol. The molecule has 3 rings (SSSR count). The average molecular weight is 304 g/mol. The molecule has 0 radical (unpaired) electrons. The van der Waals surface area contributed by atoms with Gasteiger partial charge in [-0.15, -0.1) is 0 Å². The molecule has 5 heteroatoms. The van der Waals surface area contributed by atoms with Gasteiger partial charge in [0, 0.05) is 39.0 Å². The summed E-state index contributed by atoms with van der Waals surface area (Å²) in [6.07, 6.45) is 9.51. The molecule has 1 fully saturated rings. The van der Waals surface area contributed by atoms with Gasteiger partial charge in [-0.1, -0.05) is 13.3 Å². The van der Waals surface area contributed by atoms with E-state index in [0.717, 1.165) is 45.4 Å². The van der Waals surface area contributed by atoms with Crippen molar-refractivity contribution >= 4 is 5.91 Å². The minimum atomic E-state index is 0.106. The van der Waals surface area contributed by atoms with Crippen molar-refractivity contribution in [3.8, 4) is 0 Å². The van der Waals surface area contributed by atoms with Crippen LogP contribution in [0.1, 0.15) is 38.4 Å². The number of fused-ring (bicyclic) bond motifs is 1. The number of carbonyl (C=O) groups is 1. The number of likely N-dealkylation sites (tertiary alicyclic amines) is 1. The highest BCUT2D eigenvalue weighted by molar-refractivity contribution is 5.81. The van der Waals surface area contributed by atoms with Gasteiger partial charge in [0.2, 0.25) is 5.91 Å². The van der Waals surface area contributed by atoms with Crippen molar-refractivity contribution in [3.63, 3.8) is 0 Å². The SMILES string of the molecule is CCN1CCCCC1C(=O)N(C)CC1CCn2ccnc2C1. The van der Waals surface area contributed by atoms with Crippen LogP contribution in [-0.4, -0.2) is 58.0 Å². The number of amides is 1. The highest BCUT2D eigenvalue weighted by Crippen LogP contribution is 2.22. The summed E-state index contributed by atoms with van der Waals surface area (Å²) in [6.45, 7) is 6.10. The zero-order valence-electron chi connectivity index (χ0n) is 13.9. The number of aromatic nitrogens is 2. The molecule has 2 aliphatic rings. The molecule has 0 N–H and O–H groups in total. The van der Waals surface area contributed by atoms with Gasteiger partial charge in [0.15, 0.2) is 0 Å². The first kappa shape index (κ1) is 15.5. The summed E-state index contributed by atoms with van der Waals surface area (Å²) in [4.78, 5) is 21.5. The lowest BCUT2D eigenvalue weighted by molar-refractivity contribution is -0.137. The molecule has 2 aliphatic heterocycles. The number of nitrogens with zero attached hydrogens (tertiary/aromatic N) is 4. The Morgan fingerprint density at radius 3 is 3.05 bits per heavy atom. The van der Waals surface area contributed by atoms with E-state index in [1.165, 1.54) is 18.7 Å². The molecule has 1 aromatic heterocycles.